The lowest BCUT2D eigenvalue weighted by Gasteiger charge is -2.10. The van der Waals surface area contributed by atoms with Crippen LogP contribution in [0.15, 0.2) is 42.5 Å². The van der Waals surface area contributed by atoms with Gasteiger partial charge in [0.25, 0.3) is 5.69 Å². The molecule has 3 aromatic rings. The van der Waals surface area contributed by atoms with Crippen LogP contribution in [0.1, 0.15) is 32.9 Å². The Labute approximate surface area is 167 Å². The van der Waals surface area contributed by atoms with Crippen molar-refractivity contribution in [1.29, 1.82) is 0 Å². The molecule has 29 heavy (non-hydrogen) atoms. The maximum Gasteiger partial charge on any atom is 0.350 e. The van der Waals surface area contributed by atoms with Gasteiger partial charge in [-0.1, -0.05) is 6.07 Å². The smallest absolute Gasteiger partial charge is 0.350 e. The fraction of sp³-hybridized carbons (Fsp3) is 0.190. The highest BCUT2D eigenvalue weighted by Crippen LogP contribution is 2.27. The molecule has 0 unspecified atom stereocenters. The van der Waals surface area contributed by atoms with Crippen LogP contribution in [0.5, 0.6) is 5.75 Å². The zero-order chi connectivity index (χ0) is 21.1. The Morgan fingerprint density at radius 1 is 1.03 bits per heavy atom. The Balaban J connectivity index is 1.85. The number of nitrogens with one attached hydrogen (secondary N) is 1. The first-order valence-corrected chi connectivity index (χ1v) is 8.90. The van der Waals surface area contributed by atoms with Crippen molar-refractivity contribution in [3.05, 3.63) is 80.7 Å². The van der Waals surface area contributed by atoms with E-state index in [1.54, 1.807) is 44.2 Å². The molecule has 0 aliphatic carbocycles. The Hall–Kier alpha value is -3.81. The van der Waals surface area contributed by atoms with E-state index >= 15 is 0 Å². The zero-order valence-corrected chi connectivity index (χ0v) is 16.5. The second kappa shape index (κ2) is 8.05. The number of benzene rings is 2. The molecule has 0 aliphatic rings. The minimum atomic E-state index is -0.789. The van der Waals surface area contributed by atoms with E-state index in [9.17, 15) is 14.9 Å². The average molecular weight is 392 g/mol. The van der Waals surface area contributed by atoms with Crippen LogP contribution in [0.25, 0.3) is 0 Å². The van der Waals surface area contributed by atoms with Gasteiger partial charge in [0.05, 0.1) is 4.92 Å². The molecule has 3 rings (SSSR count). The highest BCUT2D eigenvalue weighted by molar-refractivity contribution is 5.96. The number of esters is 1. The molecule has 0 radical (unpaired) electrons. The van der Waals surface area contributed by atoms with E-state index in [1.807, 2.05) is 19.9 Å². The van der Waals surface area contributed by atoms with Gasteiger partial charge in [0.15, 0.2) is 0 Å². The Bertz CT molecular complexity index is 1090. The van der Waals surface area contributed by atoms with Crippen LogP contribution in [-0.2, 0) is 0 Å². The predicted molar refractivity (Wildman–Crippen MR) is 109 cm³/mol. The summed E-state index contributed by atoms with van der Waals surface area (Å²) in [5.74, 6) is -0.114. The van der Waals surface area contributed by atoms with Crippen LogP contribution < -0.4 is 10.1 Å². The van der Waals surface area contributed by atoms with Crippen molar-refractivity contribution in [2.75, 3.05) is 5.32 Å². The Morgan fingerprint density at radius 3 is 2.38 bits per heavy atom. The summed E-state index contributed by atoms with van der Waals surface area (Å²) in [5, 5.41) is 14.5. The predicted octanol–water partition coefficient (Wildman–Crippen LogP) is 4.58. The molecule has 1 heterocycles. The van der Waals surface area contributed by atoms with Gasteiger partial charge in [-0.25, -0.2) is 14.8 Å². The summed E-state index contributed by atoms with van der Waals surface area (Å²) in [4.78, 5) is 32.1. The van der Waals surface area contributed by atoms with Crippen LogP contribution in [0.4, 0.5) is 17.3 Å². The Morgan fingerprint density at radius 2 is 1.72 bits per heavy atom. The number of nitrogens with zero attached hydrogens (tertiary/aromatic N) is 3. The lowest BCUT2D eigenvalue weighted by atomic mass is 10.0. The zero-order valence-electron chi connectivity index (χ0n) is 16.5. The third-order valence-electron chi connectivity index (χ3n) is 4.13. The molecule has 1 N–H and O–H groups in total. The molecule has 0 bridgehead atoms. The summed E-state index contributed by atoms with van der Waals surface area (Å²) >= 11 is 0. The molecule has 8 heteroatoms. The molecular formula is C21H20N4O4. The van der Waals surface area contributed by atoms with E-state index in [1.165, 1.54) is 6.07 Å². The number of aryl methyl sites for hydroxylation is 4. The number of carbonyl (C=O) groups excluding carboxylic acids is 1. The fourth-order valence-electron chi connectivity index (χ4n) is 3.07. The number of nitro groups is 1. The van der Waals surface area contributed by atoms with Gasteiger partial charge in [0.1, 0.15) is 11.3 Å². The van der Waals surface area contributed by atoms with Gasteiger partial charge in [-0.05, 0) is 63.6 Å². The molecule has 148 valence electrons. The fourth-order valence-corrected chi connectivity index (χ4v) is 3.07. The maximum atomic E-state index is 12.6. The van der Waals surface area contributed by atoms with Gasteiger partial charge in [0.2, 0.25) is 5.95 Å². The topological polar surface area (TPSA) is 107 Å². The SMILES string of the molecule is Cc1cc(C)c([N+](=O)[O-])c(C(=O)Oc2cccc(Nc3nc(C)cc(C)n3)c2)c1. The molecule has 0 fully saturated rings. The number of carbonyl (C=O) groups is 1. The summed E-state index contributed by atoms with van der Waals surface area (Å²) in [6.45, 7) is 7.10. The molecule has 1 aromatic heterocycles. The number of anilines is 2. The molecule has 0 amide bonds. The van der Waals surface area contributed by atoms with Crippen molar-refractivity contribution in [2.24, 2.45) is 0 Å². The molecule has 0 atom stereocenters. The van der Waals surface area contributed by atoms with E-state index in [0.717, 1.165) is 17.0 Å². The van der Waals surface area contributed by atoms with Crippen LogP contribution in [-0.4, -0.2) is 20.9 Å². The van der Waals surface area contributed by atoms with Gasteiger partial charge in [-0.15, -0.1) is 0 Å². The highest BCUT2D eigenvalue weighted by atomic mass is 16.6. The third kappa shape index (κ3) is 4.73. The summed E-state index contributed by atoms with van der Waals surface area (Å²) in [5.41, 5.74) is 3.08. The van der Waals surface area contributed by atoms with Crippen molar-refractivity contribution < 1.29 is 14.5 Å². The Kier molecular flexibility index (Phi) is 5.54. The molecular weight excluding hydrogens is 372 g/mol. The third-order valence-corrected chi connectivity index (χ3v) is 4.13. The molecule has 0 saturated heterocycles. The maximum absolute atomic E-state index is 12.6. The van der Waals surface area contributed by atoms with Crippen molar-refractivity contribution in [2.45, 2.75) is 27.7 Å². The number of aromatic nitrogens is 2. The summed E-state index contributed by atoms with van der Waals surface area (Å²) in [6.07, 6.45) is 0. The van der Waals surface area contributed by atoms with Crippen LogP contribution >= 0.6 is 0 Å². The molecule has 8 nitrogen and oxygen atoms in total. The number of hydrogen-bond donors (Lipinski definition) is 1. The average Bonchev–Trinajstić information content (AvgIpc) is 2.60. The summed E-state index contributed by atoms with van der Waals surface area (Å²) < 4.78 is 5.40. The van der Waals surface area contributed by atoms with Gasteiger partial charge in [-0.3, -0.25) is 10.1 Å². The molecule has 2 aromatic carbocycles. The number of ether oxygens (including phenoxy) is 1. The highest BCUT2D eigenvalue weighted by Gasteiger charge is 2.25. The largest absolute Gasteiger partial charge is 0.423 e. The first kappa shape index (κ1) is 19.9. The molecule has 0 aliphatic heterocycles. The molecule has 0 saturated carbocycles. The van der Waals surface area contributed by atoms with Crippen LogP contribution in [0, 0.1) is 37.8 Å². The van der Waals surface area contributed by atoms with Crippen LogP contribution in [0.3, 0.4) is 0 Å². The lowest BCUT2D eigenvalue weighted by molar-refractivity contribution is -0.385. The summed E-state index contributed by atoms with van der Waals surface area (Å²) in [6, 6.07) is 11.6. The van der Waals surface area contributed by atoms with Crippen molar-refractivity contribution >= 4 is 23.3 Å². The normalized spacial score (nSPS) is 10.5. The summed E-state index contributed by atoms with van der Waals surface area (Å²) in [7, 11) is 0. The van der Waals surface area contributed by atoms with E-state index in [4.69, 9.17) is 4.74 Å². The first-order valence-electron chi connectivity index (χ1n) is 8.90. The van der Waals surface area contributed by atoms with Crippen molar-refractivity contribution in [1.82, 2.24) is 9.97 Å². The van der Waals surface area contributed by atoms with E-state index < -0.39 is 10.9 Å². The van der Waals surface area contributed by atoms with Gasteiger partial charge in [-0.2, -0.15) is 0 Å². The second-order valence-corrected chi connectivity index (χ2v) is 6.75. The number of rotatable bonds is 5. The minimum absolute atomic E-state index is 0.0801. The van der Waals surface area contributed by atoms with Crippen LogP contribution in [0.2, 0.25) is 0 Å². The minimum Gasteiger partial charge on any atom is -0.423 e. The van der Waals surface area contributed by atoms with Gasteiger partial charge >= 0.3 is 5.97 Å². The standard InChI is InChI=1S/C21H20N4O4/c1-12-8-13(2)19(25(27)28)18(9-12)20(26)29-17-7-5-6-16(11-17)24-21-22-14(3)10-15(4)23-21/h5-11H,1-4H3,(H,22,23,24). The molecule has 0 spiro atoms. The quantitative estimate of drug-likeness (QED) is 0.293. The number of hydrogen-bond acceptors (Lipinski definition) is 7. The van der Waals surface area contributed by atoms with E-state index in [2.05, 4.69) is 15.3 Å². The second-order valence-electron chi connectivity index (χ2n) is 6.75. The van der Waals surface area contributed by atoms with Gasteiger partial charge < -0.3 is 10.1 Å². The van der Waals surface area contributed by atoms with Crippen molar-refractivity contribution in [3.63, 3.8) is 0 Å². The van der Waals surface area contributed by atoms with Crippen molar-refractivity contribution in [3.8, 4) is 5.75 Å². The van der Waals surface area contributed by atoms with E-state index in [-0.39, 0.29) is 17.0 Å². The lowest BCUT2D eigenvalue weighted by Crippen LogP contribution is -2.12. The van der Waals surface area contributed by atoms with E-state index in [0.29, 0.717) is 17.2 Å². The first-order chi connectivity index (χ1) is 13.7. The monoisotopic (exact) mass is 392 g/mol. The van der Waals surface area contributed by atoms with Gasteiger partial charge in [0, 0.05) is 28.7 Å². The number of nitro benzene ring substituents is 1.